The first-order valence-electron chi connectivity index (χ1n) is 9.21. The molecule has 0 fully saturated rings. The summed E-state index contributed by atoms with van der Waals surface area (Å²) in [6, 6.07) is 13.2. The lowest BCUT2D eigenvalue weighted by atomic mass is 9.94. The van der Waals surface area contributed by atoms with Gasteiger partial charge in [-0.15, -0.1) is 0 Å². The maximum Gasteiger partial charge on any atom is 0.163 e. The van der Waals surface area contributed by atoms with Crippen molar-refractivity contribution in [2.45, 2.75) is 58.3 Å². The van der Waals surface area contributed by atoms with Crippen LogP contribution in [-0.2, 0) is 0 Å². The molecule has 134 valence electrons. The maximum absolute atomic E-state index is 12.7. The molecule has 0 aliphatic carbocycles. The topological polar surface area (TPSA) is 17.1 Å². The van der Waals surface area contributed by atoms with Gasteiger partial charge in [0.15, 0.2) is 5.78 Å². The molecule has 2 rings (SSSR count). The summed E-state index contributed by atoms with van der Waals surface area (Å²) in [5.74, 6) is 0.204. The van der Waals surface area contributed by atoms with Crippen molar-refractivity contribution in [3.63, 3.8) is 0 Å². The predicted octanol–water partition coefficient (Wildman–Crippen LogP) is 7.98. The SMILES string of the molecule is CCCCCCCCCC(=O)c1ccccc1-c1ccc(Cl)c(Cl)c1. The minimum atomic E-state index is 0.204. The number of carbonyl (C=O) groups excluding carboxylic acids is 1. The Morgan fingerprint density at radius 2 is 1.52 bits per heavy atom. The zero-order valence-electron chi connectivity index (χ0n) is 14.9. The fourth-order valence-corrected chi connectivity index (χ4v) is 3.32. The van der Waals surface area contributed by atoms with E-state index in [-0.39, 0.29) is 5.78 Å². The van der Waals surface area contributed by atoms with E-state index in [1.54, 1.807) is 6.07 Å². The first-order valence-corrected chi connectivity index (χ1v) is 9.96. The van der Waals surface area contributed by atoms with E-state index in [1.165, 1.54) is 32.1 Å². The number of benzene rings is 2. The van der Waals surface area contributed by atoms with Gasteiger partial charge in [-0.1, -0.05) is 99.0 Å². The van der Waals surface area contributed by atoms with Gasteiger partial charge >= 0.3 is 0 Å². The number of hydrogen-bond donors (Lipinski definition) is 0. The Bertz CT molecular complexity index is 694. The molecule has 0 saturated heterocycles. The van der Waals surface area contributed by atoms with Gasteiger partial charge in [-0.3, -0.25) is 4.79 Å². The smallest absolute Gasteiger partial charge is 0.163 e. The van der Waals surface area contributed by atoms with Crippen LogP contribution in [0.2, 0.25) is 10.0 Å². The highest BCUT2D eigenvalue weighted by molar-refractivity contribution is 6.42. The third-order valence-corrected chi connectivity index (χ3v) is 5.20. The first-order chi connectivity index (χ1) is 12.1. The molecule has 0 unspecified atom stereocenters. The number of rotatable bonds is 10. The minimum absolute atomic E-state index is 0.204. The highest BCUT2D eigenvalue weighted by atomic mass is 35.5. The van der Waals surface area contributed by atoms with Gasteiger partial charge in [-0.05, 0) is 29.7 Å². The molecule has 0 spiro atoms. The summed E-state index contributed by atoms with van der Waals surface area (Å²) < 4.78 is 0. The number of unbranched alkanes of at least 4 members (excludes halogenated alkanes) is 6. The molecule has 0 aromatic heterocycles. The molecule has 0 saturated carbocycles. The van der Waals surface area contributed by atoms with Crippen LogP contribution in [0.25, 0.3) is 11.1 Å². The van der Waals surface area contributed by atoms with E-state index in [1.807, 2.05) is 36.4 Å². The van der Waals surface area contributed by atoms with E-state index in [2.05, 4.69) is 6.92 Å². The lowest BCUT2D eigenvalue weighted by Gasteiger charge is -2.10. The predicted molar refractivity (Wildman–Crippen MR) is 109 cm³/mol. The van der Waals surface area contributed by atoms with Crippen LogP contribution in [0, 0.1) is 0 Å². The number of halogens is 2. The monoisotopic (exact) mass is 376 g/mol. The third kappa shape index (κ3) is 6.17. The van der Waals surface area contributed by atoms with E-state index < -0.39 is 0 Å². The molecule has 2 aromatic carbocycles. The summed E-state index contributed by atoms with van der Waals surface area (Å²) >= 11 is 12.1. The van der Waals surface area contributed by atoms with Gasteiger partial charge in [0.25, 0.3) is 0 Å². The van der Waals surface area contributed by atoms with Crippen LogP contribution in [0.5, 0.6) is 0 Å². The van der Waals surface area contributed by atoms with Gasteiger partial charge < -0.3 is 0 Å². The molecule has 0 heterocycles. The van der Waals surface area contributed by atoms with Crippen molar-refractivity contribution in [1.29, 1.82) is 0 Å². The lowest BCUT2D eigenvalue weighted by molar-refractivity contribution is 0.0979. The van der Waals surface area contributed by atoms with Crippen molar-refractivity contribution < 1.29 is 4.79 Å². The van der Waals surface area contributed by atoms with Crippen LogP contribution in [0.15, 0.2) is 42.5 Å². The Morgan fingerprint density at radius 3 is 2.24 bits per heavy atom. The molecule has 25 heavy (non-hydrogen) atoms. The normalized spacial score (nSPS) is 10.8. The van der Waals surface area contributed by atoms with Crippen LogP contribution in [0.3, 0.4) is 0 Å². The van der Waals surface area contributed by atoms with Crippen molar-refractivity contribution in [2.75, 3.05) is 0 Å². The van der Waals surface area contributed by atoms with Gasteiger partial charge in [0.1, 0.15) is 0 Å². The quantitative estimate of drug-likeness (QED) is 0.303. The van der Waals surface area contributed by atoms with Crippen LogP contribution >= 0.6 is 23.2 Å². The Hall–Kier alpha value is -1.31. The standard InChI is InChI=1S/C22H26Cl2O/c1-2-3-4-5-6-7-8-13-22(25)19-12-10-9-11-18(19)17-14-15-20(23)21(24)16-17/h9-12,14-16H,2-8,13H2,1H3. The van der Waals surface area contributed by atoms with E-state index in [0.717, 1.165) is 29.5 Å². The molecule has 0 bridgehead atoms. The Balaban J connectivity index is 1.97. The molecule has 0 atom stereocenters. The summed E-state index contributed by atoms with van der Waals surface area (Å²) in [5.41, 5.74) is 2.62. The number of hydrogen-bond acceptors (Lipinski definition) is 1. The van der Waals surface area contributed by atoms with E-state index in [4.69, 9.17) is 23.2 Å². The molecule has 1 nitrogen and oxygen atoms in total. The van der Waals surface area contributed by atoms with Crippen molar-refractivity contribution >= 4 is 29.0 Å². The number of carbonyl (C=O) groups is 1. The second-order valence-electron chi connectivity index (χ2n) is 6.47. The van der Waals surface area contributed by atoms with Gasteiger partial charge in [0, 0.05) is 12.0 Å². The van der Waals surface area contributed by atoms with Crippen LogP contribution < -0.4 is 0 Å². The zero-order valence-corrected chi connectivity index (χ0v) is 16.4. The molecule has 0 N–H and O–H groups in total. The fraction of sp³-hybridized carbons (Fsp3) is 0.409. The lowest BCUT2D eigenvalue weighted by Crippen LogP contribution is -2.01. The summed E-state index contributed by atoms with van der Waals surface area (Å²) in [6.07, 6.45) is 9.09. The molecule has 2 aromatic rings. The van der Waals surface area contributed by atoms with Gasteiger partial charge in [-0.2, -0.15) is 0 Å². The van der Waals surface area contributed by atoms with E-state index >= 15 is 0 Å². The van der Waals surface area contributed by atoms with Gasteiger partial charge in [0.05, 0.1) is 10.0 Å². The largest absolute Gasteiger partial charge is 0.294 e. The van der Waals surface area contributed by atoms with Crippen molar-refractivity contribution in [3.05, 3.63) is 58.1 Å². The Morgan fingerprint density at radius 1 is 0.840 bits per heavy atom. The van der Waals surface area contributed by atoms with Crippen LogP contribution in [0.1, 0.15) is 68.6 Å². The summed E-state index contributed by atoms with van der Waals surface area (Å²) in [6.45, 7) is 2.23. The van der Waals surface area contributed by atoms with E-state index in [0.29, 0.717) is 16.5 Å². The molecule has 3 heteroatoms. The minimum Gasteiger partial charge on any atom is -0.294 e. The third-order valence-electron chi connectivity index (χ3n) is 4.47. The molecule has 0 radical (unpaired) electrons. The summed E-state index contributed by atoms with van der Waals surface area (Å²) in [5, 5.41) is 1.03. The van der Waals surface area contributed by atoms with E-state index in [9.17, 15) is 4.79 Å². The number of ketones is 1. The average Bonchev–Trinajstić information content (AvgIpc) is 2.63. The maximum atomic E-state index is 12.7. The highest BCUT2D eigenvalue weighted by Gasteiger charge is 2.13. The van der Waals surface area contributed by atoms with Gasteiger partial charge in [0.2, 0.25) is 0 Å². The molecular formula is C22H26Cl2O. The van der Waals surface area contributed by atoms with Crippen LogP contribution in [0.4, 0.5) is 0 Å². The van der Waals surface area contributed by atoms with Crippen molar-refractivity contribution in [2.24, 2.45) is 0 Å². The fourth-order valence-electron chi connectivity index (χ4n) is 3.02. The molecular weight excluding hydrogens is 351 g/mol. The van der Waals surface area contributed by atoms with Crippen molar-refractivity contribution in [1.82, 2.24) is 0 Å². The average molecular weight is 377 g/mol. The highest BCUT2D eigenvalue weighted by Crippen LogP contribution is 2.31. The first kappa shape index (κ1) is 20.0. The zero-order chi connectivity index (χ0) is 18.1. The number of Topliss-reactive ketones (excluding diaryl/α,β-unsaturated/α-hetero) is 1. The van der Waals surface area contributed by atoms with Crippen molar-refractivity contribution in [3.8, 4) is 11.1 Å². The van der Waals surface area contributed by atoms with Gasteiger partial charge in [-0.25, -0.2) is 0 Å². The summed E-state index contributed by atoms with van der Waals surface area (Å²) in [7, 11) is 0. The van der Waals surface area contributed by atoms with Crippen LogP contribution in [-0.4, -0.2) is 5.78 Å². The Labute approximate surface area is 161 Å². The second kappa shape index (κ2) is 10.6. The Kier molecular flexibility index (Phi) is 8.51. The molecule has 0 aliphatic rings. The molecule has 0 aliphatic heterocycles. The summed E-state index contributed by atoms with van der Waals surface area (Å²) in [4.78, 5) is 12.7. The second-order valence-corrected chi connectivity index (χ2v) is 7.28. The molecule has 0 amide bonds.